The van der Waals surface area contributed by atoms with Crippen LogP contribution >= 0.6 is 0 Å². The topological polar surface area (TPSA) is 63.2 Å². The largest absolute Gasteiger partial charge is 0.381 e. The van der Waals surface area contributed by atoms with Crippen LogP contribution in [-0.4, -0.2) is 37.7 Å². The smallest absolute Gasteiger partial charge is 0.254 e. The van der Waals surface area contributed by atoms with E-state index in [1.54, 1.807) is 25.4 Å². The van der Waals surface area contributed by atoms with Gasteiger partial charge in [-0.3, -0.25) is 4.79 Å². The lowest BCUT2D eigenvalue weighted by atomic mass is 9.99. The Bertz CT molecular complexity index is 417. The van der Waals surface area contributed by atoms with Crippen LogP contribution in [0.25, 0.3) is 0 Å². The molecule has 2 N–H and O–H groups in total. The first kappa shape index (κ1) is 13.8. The average molecular weight is 263 g/mol. The summed E-state index contributed by atoms with van der Waals surface area (Å²) in [5.74, 6) is 1.16. The number of ether oxygens (including phenoxy) is 1. The summed E-state index contributed by atoms with van der Waals surface area (Å²) in [4.78, 5) is 15.9. The summed E-state index contributed by atoms with van der Waals surface area (Å²) >= 11 is 0. The zero-order chi connectivity index (χ0) is 13.5. The Labute approximate surface area is 113 Å². The molecule has 1 amide bonds. The molecule has 1 aromatic heterocycles. The molecule has 2 heterocycles. The van der Waals surface area contributed by atoms with E-state index in [1.807, 2.05) is 0 Å². The number of aromatic nitrogens is 1. The van der Waals surface area contributed by atoms with Gasteiger partial charge in [-0.25, -0.2) is 4.98 Å². The monoisotopic (exact) mass is 263 g/mol. The van der Waals surface area contributed by atoms with Crippen molar-refractivity contribution in [1.29, 1.82) is 0 Å². The fraction of sp³-hybridized carbons (Fsp3) is 0.571. The predicted octanol–water partition coefficient (Wildman–Crippen LogP) is 1.67. The number of amides is 1. The molecular weight excluding hydrogens is 242 g/mol. The number of nitrogens with zero attached hydrogens (tertiary/aromatic N) is 1. The summed E-state index contributed by atoms with van der Waals surface area (Å²) in [6.45, 7) is 2.56. The van der Waals surface area contributed by atoms with Crippen molar-refractivity contribution < 1.29 is 9.53 Å². The minimum atomic E-state index is -0.114. The molecule has 0 radical (unpaired) electrons. The van der Waals surface area contributed by atoms with Crippen molar-refractivity contribution in [1.82, 2.24) is 10.3 Å². The van der Waals surface area contributed by atoms with Crippen LogP contribution in [0.15, 0.2) is 18.3 Å². The lowest BCUT2D eigenvalue weighted by Gasteiger charge is -2.22. The van der Waals surface area contributed by atoms with Crippen molar-refractivity contribution in [2.75, 3.05) is 32.1 Å². The van der Waals surface area contributed by atoms with Crippen molar-refractivity contribution >= 4 is 11.7 Å². The van der Waals surface area contributed by atoms with Crippen LogP contribution in [0.3, 0.4) is 0 Å². The van der Waals surface area contributed by atoms with E-state index >= 15 is 0 Å². The number of hydrogen-bond acceptors (Lipinski definition) is 4. The predicted molar refractivity (Wildman–Crippen MR) is 74.3 cm³/mol. The second kappa shape index (κ2) is 7.09. The molecule has 2 rings (SSSR count). The summed E-state index contributed by atoms with van der Waals surface area (Å²) in [5, 5.41) is 5.87. The molecule has 5 nitrogen and oxygen atoms in total. The minimum absolute atomic E-state index is 0.114. The summed E-state index contributed by atoms with van der Waals surface area (Å²) in [6, 6.07) is 3.54. The number of anilines is 1. The Hall–Kier alpha value is -1.62. The maximum atomic E-state index is 11.7. The normalized spacial score (nSPS) is 18.9. The van der Waals surface area contributed by atoms with Crippen molar-refractivity contribution in [3.05, 3.63) is 23.9 Å². The van der Waals surface area contributed by atoms with E-state index in [2.05, 4.69) is 15.6 Å². The van der Waals surface area contributed by atoms with Crippen molar-refractivity contribution in [3.63, 3.8) is 0 Å². The number of carbonyl (C=O) groups is 1. The van der Waals surface area contributed by atoms with Gasteiger partial charge in [-0.1, -0.05) is 0 Å². The van der Waals surface area contributed by atoms with Gasteiger partial charge in [0.15, 0.2) is 0 Å². The van der Waals surface area contributed by atoms with Gasteiger partial charge in [0.05, 0.1) is 5.56 Å². The molecule has 0 bridgehead atoms. The summed E-state index contributed by atoms with van der Waals surface area (Å²) < 4.78 is 5.46. The van der Waals surface area contributed by atoms with Crippen LogP contribution in [-0.2, 0) is 4.74 Å². The third kappa shape index (κ3) is 3.92. The van der Waals surface area contributed by atoms with Gasteiger partial charge in [-0.15, -0.1) is 0 Å². The highest BCUT2D eigenvalue weighted by molar-refractivity contribution is 5.98. The second-order valence-electron chi connectivity index (χ2n) is 4.78. The Kier molecular flexibility index (Phi) is 5.15. The first-order chi connectivity index (χ1) is 9.31. The van der Waals surface area contributed by atoms with Gasteiger partial charge in [0.2, 0.25) is 0 Å². The van der Waals surface area contributed by atoms with E-state index in [1.165, 1.54) is 6.42 Å². The summed E-state index contributed by atoms with van der Waals surface area (Å²) in [7, 11) is 1.62. The molecule has 5 heteroatoms. The van der Waals surface area contributed by atoms with Crippen LogP contribution in [0.5, 0.6) is 0 Å². The molecule has 0 saturated carbocycles. The highest BCUT2D eigenvalue weighted by atomic mass is 16.5. The molecular formula is C14H21N3O2. The SMILES string of the molecule is CNC(=O)c1cccnc1NCCC1CCCOC1. The van der Waals surface area contributed by atoms with Crippen molar-refractivity contribution in [2.45, 2.75) is 19.3 Å². The third-order valence-corrected chi connectivity index (χ3v) is 3.38. The van der Waals surface area contributed by atoms with Gasteiger partial charge in [-0.2, -0.15) is 0 Å². The van der Waals surface area contributed by atoms with E-state index in [0.29, 0.717) is 17.3 Å². The van der Waals surface area contributed by atoms with Gasteiger partial charge in [0.25, 0.3) is 5.91 Å². The van der Waals surface area contributed by atoms with E-state index < -0.39 is 0 Å². The third-order valence-electron chi connectivity index (χ3n) is 3.38. The van der Waals surface area contributed by atoms with E-state index in [0.717, 1.165) is 32.6 Å². The molecule has 0 aliphatic carbocycles. The number of nitrogens with one attached hydrogen (secondary N) is 2. The zero-order valence-electron chi connectivity index (χ0n) is 11.3. The zero-order valence-corrected chi connectivity index (χ0v) is 11.3. The quantitative estimate of drug-likeness (QED) is 0.848. The molecule has 19 heavy (non-hydrogen) atoms. The van der Waals surface area contributed by atoms with Crippen molar-refractivity contribution in [3.8, 4) is 0 Å². The maximum Gasteiger partial charge on any atom is 0.254 e. The lowest BCUT2D eigenvalue weighted by Crippen LogP contribution is -2.22. The van der Waals surface area contributed by atoms with Crippen LogP contribution in [0.1, 0.15) is 29.6 Å². The lowest BCUT2D eigenvalue weighted by molar-refractivity contribution is 0.0530. The molecule has 104 valence electrons. The molecule has 0 spiro atoms. The second-order valence-corrected chi connectivity index (χ2v) is 4.78. The first-order valence-corrected chi connectivity index (χ1v) is 6.80. The van der Waals surface area contributed by atoms with E-state index in [9.17, 15) is 4.79 Å². The highest BCUT2D eigenvalue weighted by Crippen LogP contribution is 2.18. The van der Waals surface area contributed by atoms with Gasteiger partial charge < -0.3 is 15.4 Å². The Morgan fingerprint density at radius 2 is 2.47 bits per heavy atom. The molecule has 1 aliphatic rings. The minimum Gasteiger partial charge on any atom is -0.381 e. The number of carbonyl (C=O) groups excluding carboxylic acids is 1. The van der Waals surface area contributed by atoms with Gasteiger partial charge in [0, 0.05) is 33.0 Å². The molecule has 1 aliphatic heterocycles. The van der Waals surface area contributed by atoms with Gasteiger partial charge >= 0.3 is 0 Å². The summed E-state index contributed by atoms with van der Waals surface area (Å²) in [5.41, 5.74) is 0.588. The van der Waals surface area contributed by atoms with Crippen LogP contribution in [0.4, 0.5) is 5.82 Å². The molecule has 1 saturated heterocycles. The van der Waals surface area contributed by atoms with Gasteiger partial charge in [-0.05, 0) is 37.3 Å². The van der Waals surface area contributed by atoms with E-state index in [4.69, 9.17) is 4.74 Å². The Morgan fingerprint density at radius 1 is 1.58 bits per heavy atom. The number of hydrogen-bond donors (Lipinski definition) is 2. The van der Waals surface area contributed by atoms with E-state index in [-0.39, 0.29) is 5.91 Å². The fourth-order valence-electron chi connectivity index (χ4n) is 2.29. The molecule has 1 atom stereocenters. The first-order valence-electron chi connectivity index (χ1n) is 6.80. The Balaban J connectivity index is 1.86. The Morgan fingerprint density at radius 3 is 3.21 bits per heavy atom. The molecule has 1 fully saturated rings. The highest BCUT2D eigenvalue weighted by Gasteiger charge is 2.14. The van der Waals surface area contributed by atoms with Gasteiger partial charge in [0.1, 0.15) is 5.82 Å². The van der Waals surface area contributed by atoms with Crippen LogP contribution in [0.2, 0.25) is 0 Å². The average Bonchev–Trinajstić information content (AvgIpc) is 2.48. The molecule has 0 aromatic carbocycles. The fourth-order valence-corrected chi connectivity index (χ4v) is 2.29. The van der Waals surface area contributed by atoms with Crippen LogP contribution < -0.4 is 10.6 Å². The number of pyridine rings is 1. The standard InChI is InChI=1S/C14H21N3O2/c1-15-14(18)12-5-2-7-16-13(12)17-8-6-11-4-3-9-19-10-11/h2,5,7,11H,3-4,6,8-10H2,1H3,(H,15,18)(H,16,17). The molecule has 1 unspecified atom stereocenters. The maximum absolute atomic E-state index is 11.7. The molecule has 1 aromatic rings. The number of rotatable bonds is 5. The van der Waals surface area contributed by atoms with Crippen molar-refractivity contribution in [2.24, 2.45) is 5.92 Å². The summed E-state index contributed by atoms with van der Waals surface area (Å²) in [6.07, 6.45) is 5.12. The van der Waals surface area contributed by atoms with Crippen LogP contribution in [0, 0.1) is 5.92 Å².